The maximum absolute atomic E-state index is 14.4. The Balaban J connectivity index is 1.40. The van der Waals surface area contributed by atoms with Crippen molar-refractivity contribution in [3.63, 3.8) is 0 Å². The van der Waals surface area contributed by atoms with Gasteiger partial charge in [-0.05, 0) is 79.9 Å². The molecule has 2 aliphatic rings. The number of aromatic nitrogens is 1. The van der Waals surface area contributed by atoms with Crippen LogP contribution in [0.1, 0.15) is 35.7 Å². The summed E-state index contributed by atoms with van der Waals surface area (Å²) < 4.78 is 13.4. The van der Waals surface area contributed by atoms with Gasteiger partial charge in [-0.2, -0.15) is 0 Å². The first-order valence-electron chi connectivity index (χ1n) is 13.4. The van der Waals surface area contributed by atoms with E-state index in [1.165, 1.54) is 0 Å². The highest BCUT2D eigenvalue weighted by atomic mass is 16.5. The lowest BCUT2D eigenvalue weighted by Gasteiger charge is -2.40. The zero-order valence-electron chi connectivity index (χ0n) is 22.8. The van der Waals surface area contributed by atoms with Crippen LogP contribution in [0.15, 0.2) is 85.1 Å². The van der Waals surface area contributed by atoms with Gasteiger partial charge < -0.3 is 24.3 Å². The van der Waals surface area contributed by atoms with E-state index in [0.717, 1.165) is 41.0 Å². The number of nitrogens with one attached hydrogen (secondary N) is 1. The number of anilines is 2. The molecule has 3 aromatic carbocycles. The van der Waals surface area contributed by atoms with Gasteiger partial charge in [-0.1, -0.05) is 24.3 Å². The van der Waals surface area contributed by atoms with Crippen molar-refractivity contribution in [2.75, 3.05) is 31.0 Å². The average molecular weight is 537 g/mol. The van der Waals surface area contributed by atoms with Gasteiger partial charge in [0.05, 0.1) is 31.3 Å². The minimum Gasteiger partial charge on any atom is -0.497 e. The predicted octanol–water partition coefficient (Wildman–Crippen LogP) is 5.94. The number of hydrogen-bond acceptors (Lipinski definition) is 4. The van der Waals surface area contributed by atoms with E-state index in [2.05, 4.69) is 9.88 Å². The van der Waals surface area contributed by atoms with Crippen LogP contribution in [0.25, 0.3) is 5.69 Å². The first-order chi connectivity index (χ1) is 19.5. The van der Waals surface area contributed by atoms with E-state index in [1.807, 2.05) is 92.0 Å². The maximum Gasteiger partial charge on any atom is 0.322 e. The van der Waals surface area contributed by atoms with Crippen LogP contribution in [0.4, 0.5) is 16.2 Å². The van der Waals surface area contributed by atoms with Gasteiger partial charge in [0.1, 0.15) is 24.1 Å². The van der Waals surface area contributed by atoms with Crippen molar-refractivity contribution in [3.8, 4) is 17.2 Å². The van der Waals surface area contributed by atoms with Crippen molar-refractivity contribution >= 4 is 23.3 Å². The van der Waals surface area contributed by atoms with Crippen LogP contribution in [0.5, 0.6) is 11.5 Å². The van der Waals surface area contributed by atoms with Gasteiger partial charge in [0, 0.05) is 23.5 Å². The van der Waals surface area contributed by atoms with Crippen LogP contribution >= 0.6 is 0 Å². The molecule has 1 atom stereocenters. The highest BCUT2D eigenvalue weighted by Gasteiger charge is 2.41. The molecular weight excluding hydrogens is 504 g/mol. The minimum atomic E-state index is -0.497. The Hall–Kier alpha value is -4.72. The number of ether oxygens (including phenoxy) is 2. The molecular formula is C32H32N4O4. The summed E-state index contributed by atoms with van der Waals surface area (Å²) in [7, 11) is 3.24. The summed E-state index contributed by atoms with van der Waals surface area (Å²) in [6, 6.07) is 24.4. The fourth-order valence-electron chi connectivity index (χ4n) is 5.50. The molecule has 1 saturated carbocycles. The molecule has 2 heterocycles. The van der Waals surface area contributed by atoms with E-state index in [9.17, 15) is 9.59 Å². The Labute approximate surface area is 233 Å². The number of carbonyl (C=O) groups excluding carboxylic acids is 2. The fourth-order valence-corrected chi connectivity index (χ4v) is 5.50. The minimum absolute atomic E-state index is 0.0301. The van der Waals surface area contributed by atoms with Crippen LogP contribution in [0.3, 0.4) is 0 Å². The molecule has 204 valence electrons. The van der Waals surface area contributed by atoms with E-state index >= 15 is 0 Å². The third-order valence-electron chi connectivity index (χ3n) is 7.54. The molecule has 1 aliphatic carbocycles. The van der Waals surface area contributed by atoms with Crippen LogP contribution in [-0.4, -0.2) is 48.2 Å². The zero-order valence-corrected chi connectivity index (χ0v) is 22.8. The maximum atomic E-state index is 14.4. The van der Waals surface area contributed by atoms with Crippen molar-refractivity contribution in [3.05, 3.63) is 102 Å². The molecule has 40 heavy (non-hydrogen) atoms. The van der Waals surface area contributed by atoms with Crippen LogP contribution in [-0.2, 0) is 4.79 Å². The quantitative estimate of drug-likeness (QED) is 0.317. The van der Waals surface area contributed by atoms with E-state index in [0.29, 0.717) is 17.2 Å². The molecule has 0 bridgehead atoms. The number of aryl methyl sites for hydroxylation is 1. The van der Waals surface area contributed by atoms with Crippen molar-refractivity contribution in [1.82, 2.24) is 9.47 Å². The van der Waals surface area contributed by atoms with Crippen LogP contribution in [0, 0.1) is 6.92 Å². The zero-order chi connectivity index (χ0) is 27.8. The van der Waals surface area contributed by atoms with Gasteiger partial charge in [0.25, 0.3) is 0 Å². The van der Waals surface area contributed by atoms with Gasteiger partial charge in [-0.3, -0.25) is 9.69 Å². The summed E-state index contributed by atoms with van der Waals surface area (Å²) in [5.74, 6) is 1.13. The number of rotatable bonds is 7. The Morgan fingerprint density at radius 3 is 2.45 bits per heavy atom. The van der Waals surface area contributed by atoms with Crippen LogP contribution < -0.4 is 19.7 Å². The Bertz CT molecular complexity index is 1570. The van der Waals surface area contributed by atoms with Gasteiger partial charge in [-0.25, -0.2) is 4.79 Å². The lowest BCUT2D eigenvalue weighted by atomic mass is 9.96. The van der Waals surface area contributed by atoms with Gasteiger partial charge in [0.2, 0.25) is 5.91 Å². The van der Waals surface area contributed by atoms with Gasteiger partial charge >= 0.3 is 6.03 Å². The van der Waals surface area contributed by atoms with Crippen molar-refractivity contribution in [2.24, 2.45) is 0 Å². The molecule has 4 aromatic rings. The number of methoxy groups -OCH3 is 2. The molecule has 8 heteroatoms. The highest BCUT2D eigenvalue weighted by molar-refractivity contribution is 6.01. The molecule has 8 nitrogen and oxygen atoms in total. The highest BCUT2D eigenvalue weighted by Crippen LogP contribution is 2.45. The molecule has 0 radical (unpaired) electrons. The summed E-state index contributed by atoms with van der Waals surface area (Å²) in [6.45, 7) is 1.93. The summed E-state index contributed by atoms with van der Waals surface area (Å²) >= 11 is 0. The standard InChI is InChI=1S/C32H32N4O4/c1-21-8-6-9-22(18-21)33-32(38)35(23-13-14-23)20-30(37)36-27-11-5-4-10-26(27)34-17-7-12-28(34)31(36)25-19-24(39-2)15-16-29(25)40-3/h4-12,15-19,23,31H,13-14,20H2,1-3H3,(H,33,38). The summed E-state index contributed by atoms with van der Waals surface area (Å²) in [5, 5.41) is 2.99. The second-order valence-electron chi connectivity index (χ2n) is 10.2. The molecule has 0 spiro atoms. The lowest BCUT2D eigenvalue weighted by molar-refractivity contribution is -0.119. The Morgan fingerprint density at radius 2 is 1.73 bits per heavy atom. The van der Waals surface area contributed by atoms with E-state index in [1.54, 1.807) is 24.0 Å². The number of nitrogens with zero attached hydrogens (tertiary/aromatic N) is 3. The number of amides is 3. The number of para-hydroxylation sites is 2. The normalized spacial score (nSPS) is 15.6. The number of carbonyl (C=O) groups is 2. The van der Waals surface area contributed by atoms with E-state index in [-0.39, 0.29) is 24.5 Å². The summed E-state index contributed by atoms with van der Waals surface area (Å²) in [4.78, 5) is 31.3. The predicted molar refractivity (Wildman–Crippen MR) is 155 cm³/mol. The molecule has 1 aromatic heterocycles. The second-order valence-corrected chi connectivity index (χ2v) is 10.2. The van der Waals surface area contributed by atoms with Crippen molar-refractivity contribution < 1.29 is 19.1 Å². The molecule has 6 rings (SSSR count). The van der Waals surface area contributed by atoms with Crippen LogP contribution in [0.2, 0.25) is 0 Å². The molecule has 1 fully saturated rings. The second kappa shape index (κ2) is 10.4. The monoisotopic (exact) mass is 536 g/mol. The number of fused-ring (bicyclic) bond motifs is 3. The van der Waals surface area contributed by atoms with Gasteiger partial charge in [0.15, 0.2) is 0 Å². The molecule has 1 unspecified atom stereocenters. The first kappa shape index (κ1) is 25.6. The number of urea groups is 1. The Kier molecular flexibility index (Phi) is 6.67. The smallest absolute Gasteiger partial charge is 0.322 e. The van der Waals surface area contributed by atoms with Crippen molar-refractivity contribution in [2.45, 2.75) is 31.8 Å². The largest absolute Gasteiger partial charge is 0.497 e. The number of hydrogen-bond donors (Lipinski definition) is 1. The van der Waals surface area contributed by atoms with E-state index < -0.39 is 6.04 Å². The molecule has 0 saturated heterocycles. The molecule has 3 amide bonds. The summed E-state index contributed by atoms with van der Waals surface area (Å²) in [6.07, 6.45) is 3.75. The van der Waals surface area contributed by atoms with Gasteiger partial charge in [-0.15, -0.1) is 0 Å². The molecule has 1 N–H and O–H groups in total. The van der Waals surface area contributed by atoms with E-state index in [4.69, 9.17) is 9.47 Å². The number of benzene rings is 3. The molecule has 1 aliphatic heterocycles. The topological polar surface area (TPSA) is 76.0 Å². The van der Waals surface area contributed by atoms with Crippen molar-refractivity contribution in [1.29, 1.82) is 0 Å². The first-order valence-corrected chi connectivity index (χ1v) is 13.4. The third-order valence-corrected chi connectivity index (χ3v) is 7.54. The Morgan fingerprint density at radius 1 is 0.925 bits per heavy atom. The third kappa shape index (κ3) is 4.66. The SMILES string of the molecule is COc1ccc(OC)c(C2c3cccn3-c3ccccc3N2C(=O)CN(C(=O)Nc2cccc(C)c2)C2CC2)c1. The lowest BCUT2D eigenvalue weighted by Crippen LogP contribution is -2.48. The summed E-state index contributed by atoms with van der Waals surface area (Å²) in [5.41, 5.74) is 5.14. The average Bonchev–Trinajstić information content (AvgIpc) is 3.69. The fraction of sp³-hybridized carbons (Fsp3) is 0.250.